The molecule has 1 saturated heterocycles. The van der Waals surface area contributed by atoms with Gasteiger partial charge in [-0.25, -0.2) is 0 Å². The quantitative estimate of drug-likeness (QED) is 0.705. The average Bonchev–Trinajstić information content (AvgIpc) is 2.82. The molecule has 1 aliphatic heterocycles. The summed E-state index contributed by atoms with van der Waals surface area (Å²) in [5.74, 6) is 1.14. The van der Waals surface area contributed by atoms with Crippen molar-refractivity contribution in [2.24, 2.45) is 17.8 Å². The third-order valence-electron chi connectivity index (χ3n) is 4.05. The van der Waals surface area contributed by atoms with Crippen LogP contribution in [0.4, 0.5) is 8.78 Å². The molecule has 3 atom stereocenters. The van der Waals surface area contributed by atoms with E-state index < -0.39 is 12.7 Å². The maximum absolute atomic E-state index is 12.1. The summed E-state index contributed by atoms with van der Waals surface area (Å²) < 4.78 is 28.2. The van der Waals surface area contributed by atoms with E-state index in [4.69, 9.17) is 0 Å². The lowest BCUT2D eigenvalue weighted by molar-refractivity contribution is -0.200. The Hall–Kier alpha value is -0.970. The number of alkyl halides is 2. The molecule has 3 aliphatic rings. The van der Waals surface area contributed by atoms with E-state index in [1.165, 1.54) is 0 Å². The van der Waals surface area contributed by atoms with Gasteiger partial charge in [0.15, 0.2) is 0 Å². The molecule has 3 nitrogen and oxygen atoms in total. The number of carbonyl (C=O) groups excluding carboxylic acids is 1. The highest BCUT2D eigenvalue weighted by molar-refractivity contribution is 5.81. The summed E-state index contributed by atoms with van der Waals surface area (Å²) in [4.78, 5) is 13.7. The number of nitrogens with zero attached hydrogens (tertiary/aromatic N) is 1. The zero-order valence-corrected chi connectivity index (χ0v) is 9.39. The fourth-order valence-electron chi connectivity index (χ4n) is 3.15. The van der Waals surface area contributed by atoms with Crippen molar-refractivity contribution in [3.05, 3.63) is 12.2 Å². The fourth-order valence-corrected chi connectivity index (χ4v) is 3.15. The molecule has 0 spiro atoms. The Bertz CT molecular complexity index is 352. The Morgan fingerprint density at radius 1 is 1.29 bits per heavy atom. The number of halogens is 2. The van der Waals surface area contributed by atoms with E-state index in [0.717, 1.165) is 12.8 Å². The largest absolute Gasteiger partial charge is 0.345 e. The molecule has 3 unspecified atom stereocenters. The Morgan fingerprint density at radius 3 is 2.59 bits per heavy atom. The number of likely N-dealkylation sites (tertiary alicyclic amines) is 1. The van der Waals surface area contributed by atoms with Crippen molar-refractivity contribution in [3.8, 4) is 0 Å². The fraction of sp³-hybridized carbons (Fsp3) is 0.750. The van der Waals surface area contributed by atoms with Crippen LogP contribution in [-0.4, -0.2) is 36.6 Å². The number of hydrogen-bond donors (Lipinski definition) is 0. The predicted octanol–water partition coefficient (Wildman–Crippen LogP) is 1.65. The first-order valence-corrected chi connectivity index (χ1v) is 6.04. The third-order valence-corrected chi connectivity index (χ3v) is 4.05. The van der Waals surface area contributed by atoms with Crippen LogP contribution in [0.15, 0.2) is 12.2 Å². The summed E-state index contributed by atoms with van der Waals surface area (Å²) in [5.41, 5.74) is 0. The van der Waals surface area contributed by atoms with Crippen LogP contribution in [-0.2, 0) is 9.53 Å². The van der Waals surface area contributed by atoms with E-state index in [-0.39, 0.29) is 11.8 Å². The highest BCUT2D eigenvalue weighted by atomic mass is 19.3. The molecule has 1 amide bonds. The van der Waals surface area contributed by atoms with Crippen molar-refractivity contribution in [3.63, 3.8) is 0 Å². The first-order chi connectivity index (χ1) is 8.13. The van der Waals surface area contributed by atoms with E-state index in [9.17, 15) is 13.6 Å². The smallest absolute Gasteiger partial charge is 0.337 e. The van der Waals surface area contributed by atoms with E-state index in [0.29, 0.717) is 24.9 Å². The minimum atomic E-state index is -2.73. The van der Waals surface area contributed by atoms with Gasteiger partial charge in [-0.05, 0) is 24.7 Å². The zero-order chi connectivity index (χ0) is 12.0. The van der Waals surface area contributed by atoms with Gasteiger partial charge in [0.2, 0.25) is 5.91 Å². The second-order valence-corrected chi connectivity index (χ2v) is 5.15. The standard InChI is InChI=1S/C12H15F2NO2/c13-12(14)17-9-5-15(6-9)11(16)10-4-7-1-2-8(10)3-7/h1-2,7-10,12H,3-6H2. The van der Waals surface area contributed by atoms with Crippen LogP contribution < -0.4 is 0 Å². The van der Waals surface area contributed by atoms with Gasteiger partial charge in [0.1, 0.15) is 0 Å². The van der Waals surface area contributed by atoms with Gasteiger partial charge in [-0.2, -0.15) is 8.78 Å². The molecule has 2 aliphatic carbocycles. The lowest BCUT2D eigenvalue weighted by Gasteiger charge is -2.40. The molecule has 2 bridgehead atoms. The van der Waals surface area contributed by atoms with Crippen LogP contribution in [0.1, 0.15) is 12.8 Å². The first-order valence-electron chi connectivity index (χ1n) is 6.04. The Balaban J connectivity index is 1.51. The molecule has 5 heteroatoms. The molecule has 0 N–H and O–H groups in total. The minimum absolute atomic E-state index is 0.0810. The summed E-state index contributed by atoms with van der Waals surface area (Å²) in [5, 5.41) is 0. The van der Waals surface area contributed by atoms with Crippen LogP contribution >= 0.6 is 0 Å². The van der Waals surface area contributed by atoms with E-state index >= 15 is 0 Å². The topological polar surface area (TPSA) is 29.5 Å². The molecule has 17 heavy (non-hydrogen) atoms. The average molecular weight is 243 g/mol. The molecular formula is C12H15F2NO2. The normalized spacial score (nSPS) is 35.7. The van der Waals surface area contributed by atoms with Gasteiger partial charge >= 0.3 is 6.61 Å². The number of rotatable bonds is 3. The van der Waals surface area contributed by atoms with Crippen LogP contribution in [0.3, 0.4) is 0 Å². The summed E-state index contributed by atoms with van der Waals surface area (Å²) in [6, 6.07) is 0. The van der Waals surface area contributed by atoms with Crippen molar-refractivity contribution in [1.29, 1.82) is 0 Å². The van der Waals surface area contributed by atoms with Crippen LogP contribution in [0, 0.1) is 17.8 Å². The highest BCUT2D eigenvalue weighted by Gasteiger charge is 2.44. The van der Waals surface area contributed by atoms with Gasteiger partial charge in [0.25, 0.3) is 0 Å². The van der Waals surface area contributed by atoms with Gasteiger partial charge in [-0.1, -0.05) is 12.2 Å². The van der Waals surface area contributed by atoms with Crippen molar-refractivity contribution >= 4 is 5.91 Å². The van der Waals surface area contributed by atoms with E-state index in [1.54, 1.807) is 4.90 Å². The molecular weight excluding hydrogens is 228 g/mol. The Labute approximate surface area is 98.4 Å². The maximum Gasteiger partial charge on any atom is 0.345 e. The van der Waals surface area contributed by atoms with Crippen molar-refractivity contribution in [1.82, 2.24) is 4.90 Å². The second kappa shape index (κ2) is 4.05. The lowest BCUT2D eigenvalue weighted by atomic mass is 9.91. The number of allylic oxidation sites excluding steroid dienone is 2. The Kier molecular flexibility index (Phi) is 2.65. The lowest BCUT2D eigenvalue weighted by Crippen LogP contribution is -2.57. The van der Waals surface area contributed by atoms with Crippen molar-refractivity contribution < 1.29 is 18.3 Å². The first kappa shape index (κ1) is 11.1. The third kappa shape index (κ3) is 1.97. The molecule has 0 aromatic rings. The van der Waals surface area contributed by atoms with Crippen LogP contribution in [0.5, 0.6) is 0 Å². The van der Waals surface area contributed by atoms with Crippen LogP contribution in [0.2, 0.25) is 0 Å². The molecule has 0 aromatic heterocycles. The zero-order valence-electron chi connectivity index (χ0n) is 9.39. The van der Waals surface area contributed by atoms with Gasteiger partial charge < -0.3 is 9.64 Å². The molecule has 1 heterocycles. The van der Waals surface area contributed by atoms with E-state index in [2.05, 4.69) is 16.9 Å². The summed E-state index contributed by atoms with van der Waals surface area (Å²) in [6.07, 6.45) is 5.85. The minimum Gasteiger partial charge on any atom is -0.337 e. The second-order valence-electron chi connectivity index (χ2n) is 5.15. The van der Waals surface area contributed by atoms with Gasteiger partial charge in [0, 0.05) is 19.0 Å². The molecule has 1 saturated carbocycles. The SMILES string of the molecule is O=C(C1CC2C=CC1C2)N1CC(OC(F)F)C1. The van der Waals surface area contributed by atoms with Gasteiger partial charge in [-0.15, -0.1) is 0 Å². The molecule has 0 aromatic carbocycles. The van der Waals surface area contributed by atoms with Gasteiger partial charge in [-0.3, -0.25) is 4.79 Å². The number of fused-ring (bicyclic) bond motifs is 2. The molecule has 3 rings (SSSR count). The number of ether oxygens (including phenoxy) is 1. The maximum atomic E-state index is 12.1. The van der Waals surface area contributed by atoms with Gasteiger partial charge in [0.05, 0.1) is 6.10 Å². The molecule has 2 fully saturated rings. The monoisotopic (exact) mass is 243 g/mol. The van der Waals surface area contributed by atoms with Crippen LogP contribution in [0.25, 0.3) is 0 Å². The summed E-state index contributed by atoms with van der Waals surface area (Å²) >= 11 is 0. The number of carbonyl (C=O) groups is 1. The number of hydrogen-bond acceptors (Lipinski definition) is 2. The number of amides is 1. The van der Waals surface area contributed by atoms with Crippen molar-refractivity contribution in [2.45, 2.75) is 25.6 Å². The van der Waals surface area contributed by atoms with Crippen molar-refractivity contribution in [2.75, 3.05) is 13.1 Å². The predicted molar refractivity (Wildman–Crippen MR) is 56.3 cm³/mol. The molecule has 0 radical (unpaired) electrons. The molecule has 94 valence electrons. The van der Waals surface area contributed by atoms with E-state index in [1.807, 2.05) is 0 Å². The highest BCUT2D eigenvalue weighted by Crippen LogP contribution is 2.44. The summed E-state index contributed by atoms with van der Waals surface area (Å²) in [7, 11) is 0. The summed E-state index contributed by atoms with van der Waals surface area (Å²) in [6.45, 7) is -2.09. The Morgan fingerprint density at radius 2 is 2.06 bits per heavy atom.